The number of rotatable bonds is 5. The van der Waals surface area contributed by atoms with E-state index in [1.807, 2.05) is 24.3 Å². The molecular weight excluding hydrogens is 368 g/mol. The molecule has 150 valence electrons. The van der Waals surface area contributed by atoms with Crippen LogP contribution in [0.25, 0.3) is 22.1 Å². The lowest BCUT2D eigenvalue weighted by Crippen LogP contribution is -2.16. The van der Waals surface area contributed by atoms with Gasteiger partial charge in [0.15, 0.2) is 0 Å². The van der Waals surface area contributed by atoms with Crippen molar-refractivity contribution in [2.45, 2.75) is 27.7 Å². The Kier molecular flexibility index (Phi) is 5.59. The van der Waals surface area contributed by atoms with E-state index in [2.05, 4.69) is 27.4 Å². The predicted molar refractivity (Wildman–Crippen MR) is 113 cm³/mol. The van der Waals surface area contributed by atoms with Gasteiger partial charge >= 0.3 is 11.6 Å². The van der Waals surface area contributed by atoms with Gasteiger partial charge in [0.05, 0.1) is 12.2 Å². The minimum Gasteiger partial charge on any atom is -0.493 e. The van der Waals surface area contributed by atoms with Gasteiger partial charge in [0.25, 0.3) is 0 Å². The van der Waals surface area contributed by atoms with E-state index in [1.165, 1.54) is 6.07 Å². The summed E-state index contributed by atoms with van der Waals surface area (Å²) in [6, 6.07) is 14.0. The number of ether oxygens (including phenoxy) is 2. The third-order valence-corrected chi connectivity index (χ3v) is 4.10. The van der Waals surface area contributed by atoms with E-state index in [0.717, 1.165) is 16.7 Å². The molecule has 0 radical (unpaired) electrons. The first-order valence-electron chi connectivity index (χ1n) is 9.31. The molecule has 1 aromatic heterocycles. The highest BCUT2D eigenvalue weighted by Gasteiger charge is 2.13. The van der Waals surface area contributed by atoms with Gasteiger partial charge in [-0.2, -0.15) is 0 Å². The topological polar surface area (TPSA) is 65.7 Å². The van der Waals surface area contributed by atoms with Crippen molar-refractivity contribution in [3.63, 3.8) is 0 Å². The molecule has 0 spiro atoms. The van der Waals surface area contributed by atoms with Crippen LogP contribution in [-0.4, -0.2) is 12.6 Å². The molecule has 3 rings (SSSR count). The van der Waals surface area contributed by atoms with Gasteiger partial charge in [-0.1, -0.05) is 39.5 Å². The molecule has 0 aliphatic heterocycles. The smallest absolute Gasteiger partial charge is 0.344 e. The van der Waals surface area contributed by atoms with Crippen molar-refractivity contribution in [2.24, 2.45) is 5.41 Å². The molecular formula is C24H24O5. The van der Waals surface area contributed by atoms with E-state index in [9.17, 15) is 9.59 Å². The van der Waals surface area contributed by atoms with Crippen molar-refractivity contribution in [2.75, 3.05) is 6.61 Å². The molecule has 0 aliphatic carbocycles. The van der Waals surface area contributed by atoms with Crippen molar-refractivity contribution < 1.29 is 18.7 Å². The Labute approximate surface area is 169 Å². The molecule has 0 saturated heterocycles. The normalized spacial score (nSPS) is 11.3. The summed E-state index contributed by atoms with van der Waals surface area (Å²) in [7, 11) is 0. The number of benzene rings is 2. The monoisotopic (exact) mass is 392 g/mol. The van der Waals surface area contributed by atoms with Crippen molar-refractivity contribution in [3.05, 3.63) is 71.1 Å². The Morgan fingerprint density at radius 3 is 2.31 bits per heavy atom. The first-order valence-corrected chi connectivity index (χ1v) is 9.31. The van der Waals surface area contributed by atoms with Crippen LogP contribution in [0.3, 0.4) is 0 Å². The fourth-order valence-corrected chi connectivity index (χ4v) is 2.58. The van der Waals surface area contributed by atoms with Crippen LogP contribution in [-0.2, 0) is 4.79 Å². The fourth-order valence-electron chi connectivity index (χ4n) is 2.58. The Morgan fingerprint density at radius 2 is 1.69 bits per heavy atom. The van der Waals surface area contributed by atoms with E-state index in [4.69, 9.17) is 13.9 Å². The fraction of sp³-hybridized carbons (Fsp3) is 0.250. The second-order valence-corrected chi connectivity index (χ2v) is 8.19. The largest absolute Gasteiger partial charge is 0.493 e. The zero-order chi connectivity index (χ0) is 21.2. The van der Waals surface area contributed by atoms with E-state index in [0.29, 0.717) is 23.5 Å². The standard InChI is InChI=1S/C24H24O5/c1-15(2)22(25)28-19-11-8-17-12-20(23(26)29-21(17)13-19)16-6-9-18(10-7-16)27-14-24(3,4)5/h6-13H,1,14H2,2-5H3. The van der Waals surface area contributed by atoms with Gasteiger partial charge in [-0.3, -0.25) is 0 Å². The molecule has 0 bridgehead atoms. The van der Waals surface area contributed by atoms with Gasteiger partial charge in [-0.05, 0) is 48.2 Å². The number of carbonyl (C=O) groups excluding carboxylic acids is 1. The summed E-state index contributed by atoms with van der Waals surface area (Å²) in [4.78, 5) is 24.2. The van der Waals surface area contributed by atoms with Crippen molar-refractivity contribution in [1.82, 2.24) is 0 Å². The molecule has 0 saturated carbocycles. The van der Waals surface area contributed by atoms with Gasteiger partial charge in [-0.15, -0.1) is 0 Å². The van der Waals surface area contributed by atoms with Crippen molar-refractivity contribution in [3.8, 4) is 22.6 Å². The van der Waals surface area contributed by atoms with Crippen LogP contribution in [0.2, 0.25) is 0 Å². The number of hydrogen-bond donors (Lipinski definition) is 0. The Hall–Kier alpha value is -3.34. The highest BCUT2D eigenvalue weighted by Crippen LogP contribution is 2.26. The highest BCUT2D eigenvalue weighted by atomic mass is 16.5. The SMILES string of the molecule is C=C(C)C(=O)Oc1ccc2cc(-c3ccc(OCC(C)(C)C)cc3)c(=O)oc2c1. The molecule has 0 unspecified atom stereocenters. The van der Waals surface area contributed by atoms with E-state index in [-0.39, 0.29) is 11.0 Å². The predicted octanol–water partition coefficient (Wildman–Crippen LogP) is 5.37. The van der Waals surface area contributed by atoms with Crippen LogP contribution in [0.1, 0.15) is 27.7 Å². The maximum atomic E-state index is 12.5. The Morgan fingerprint density at radius 1 is 1.03 bits per heavy atom. The molecule has 0 aliphatic rings. The van der Waals surface area contributed by atoms with Gasteiger partial charge in [0.2, 0.25) is 0 Å². The Balaban J connectivity index is 1.86. The summed E-state index contributed by atoms with van der Waals surface area (Å²) in [5, 5.41) is 0.725. The molecule has 5 nitrogen and oxygen atoms in total. The lowest BCUT2D eigenvalue weighted by molar-refractivity contribution is -0.130. The van der Waals surface area contributed by atoms with Crippen LogP contribution in [0.4, 0.5) is 0 Å². The molecule has 1 heterocycles. The first-order chi connectivity index (χ1) is 13.6. The van der Waals surface area contributed by atoms with Gasteiger partial charge in [0.1, 0.15) is 17.1 Å². The number of fused-ring (bicyclic) bond motifs is 1. The molecule has 0 N–H and O–H groups in total. The third kappa shape index (κ3) is 5.13. The molecule has 5 heteroatoms. The maximum Gasteiger partial charge on any atom is 0.344 e. The zero-order valence-electron chi connectivity index (χ0n) is 17.1. The van der Waals surface area contributed by atoms with Crippen LogP contribution >= 0.6 is 0 Å². The molecule has 3 aromatic rings. The second-order valence-electron chi connectivity index (χ2n) is 8.19. The average molecular weight is 392 g/mol. The van der Waals surface area contributed by atoms with Crippen LogP contribution in [0.5, 0.6) is 11.5 Å². The zero-order valence-corrected chi connectivity index (χ0v) is 17.1. The van der Waals surface area contributed by atoms with Crippen LogP contribution in [0, 0.1) is 5.41 Å². The number of esters is 1. The molecule has 0 fully saturated rings. The number of carbonyl (C=O) groups is 1. The Bertz CT molecular complexity index is 1110. The summed E-state index contributed by atoms with van der Waals surface area (Å²) < 4.78 is 16.4. The summed E-state index contributed by atoms with van der Waals surface area (Å²) >= 11 is 0. The van der Waals surface area contributed by atoms with Gasteiger partial charge in [0, 0.05) is 17.0 Å². The van der Waals surface area contributed by atoms with Gasteiger partial charge < -0.3 is 13.9 Å². The third-order valence-electron chi connectivity index (χ3n) is 4.10. The summed E-state index contributed by atoms with van der Waals surface area (Å²) in [5.74, 6) is 0.511. The van der Waals surface area contributed by atoms with Crippen LogP contribution in [0.15, 0.2) is 69.9 Å². The molecule has 29 heavy (non-hydrogen) atoms. The van der Waals surface area contributed by atoms with E-state index < -0.39 is 11.6 Å². The molecule has 0 atom stereocenters. The minimum atomic E-state index is -0.530. The summed E-state index contributed by atoms with van der Waals surface area (Å²) in [6.45, 7) is 12.0. The maximum absolute atomic E-state index is 12.5. The lowest BCUT2D eigenvalue weighted by Gasteiger charge is -2.18. The molecule has 0 amide bonds. The number of hydrogen-bond acceptors (Lipinski definition) is 5. The van der Waals surface area contributed by atoms with Gasteiger partial charge in [-0.25, -0.2) is 9.59 Å². The summed E-state index contributed by atoms with van der Waals surface area (Å²) in [5.41, 5.74) is 1.42. The minimum absolute atomic E-state index is 0.0651. The second kappa shape index (κ2) is 7.95. The van der Waals surface area contributed by atoms with E-state index in [1.54, 1.807) is 25.1 Å². The van der Waals surface area contributed by atoms with E-state index >= 15 is 0 Å². The first kappa shape index (κ1) is 20.4. The lowest BCUT2D eigenvalue weighted by atomic mass is 9.99. The average Bonchev–Trinajstić information content (AvgIpc) is 2.65. The van der Waals surface area contributed by atoms with Crippen LogP contribution < -0.4 is 15.1 Å². The summed E-state index contributed by atoms with van der Waals surface area (Å²) in [6.07, 6.45) is 0. The van der Waals surface area contributed by atoms with Crippen molar-refractivity contribution >= 4 is 16.9 Å². The quantitative estimate of drug-likeness (QED) is 0.253. The highest BCUT2D eigenvalue weighted by molar-refractivity contribution is 5.90. The molecule has 2 aromatic carbocycles. The van der Waals surface area contributed by atoms with Crippen molar-refractivity contribution in [1.29, 1.82) is 0 Å².